The van der Waals surface area contributed by atoms with Gasteiger partial charge in [-0.15, -0.1) is 0 Å². The second kappa shape index (κ2) is 10.7. The zero-order chi connectivity index (χ0) is 24.6. The van der Waals surface area contributed by atoms with Crippen LogP contribution < -0.4 is 10.6 Å². The van der Waals surface area contributed by atoms with Gasteiger partial charge >= 0.3 is 11.7 Å². The minimum absolute atomic E-state index is 0.0512. The minimum Gasteiger partial charge on any atom is -0.465 e. The number of nitro groups is 1. The Bertz CT molecular complexity index is 1360. The van der Waals surface area contributed by atoms with Crippen molar-refractivity contribution in [3.8, 4) is 0 Å². The van der Waals surface area contributed by atoms with E-state index >= 15 is 0 Å². The van der Waals surface area contributed by atoms with Crippen LogP contribution in [0.25, 0.3) is 12.2 Å². The van der Waals surface area contributed by atoms with Gasteiger partial charge in [0.1, 0.15) is 5.69 Å². The number of methoxy groups -OCH3 is 1. The van der Waals surface area contributed by atoms with Gasteiger partial charge in [0.2, 0.25) is 11.8 Å². The summed E-state index contributed by atoms with van der Waals surface area (Å²) in [4.78, 5) is 32.0. The second-order valence-electron chi connectivity index (χ2n) is 7.32. The molecule has 4 rings (SSSR count). The molecule has 174 valence electrons. The first-order chi connectivity index (χ1) is 17.0. The van der Waals surface area contributed by atoms with Gasteiger partial charge in [0.05, 0.1) is 17.6 Å². The van der Waals surface area contributed by atoms with E-state index in [9.17, 15) is 14.9 Å². The summed E-state index contributed by atoms with van der Waals surface area (Å²) in [6.07, 6.45) is 3.22. The van der Waals surface area contributed by atoms with Crippen molar-refractivity contribution in [1.82, 2.24) is 9.97 Å². The molecule has 0 saturated carbocycles. The number of anilines is 4. The summed E-state index contributed by atoms with van der Waals surface area (Å²) in [6, 6.07) is 25.0. The summed E-state index contributed by atoms with van der Waals surface area (Å²) < 4.78 is 4.71. The molecule has 1 heterocycles. The normalized spacial score (nSPS) is 10.7. The molecule has 1 aromatic heterocycles. The first-order valence-corrected chi connectivity index (χ1v) is 10.6. The van der Waals surface area contributed by atoms with Crippen molar-refractivity contribution in [2.24, 2.45) is 0 Å². The fraction of sp³-hybridized carbons (Fsp3) is 0.0385. The zero-order valence-corrected chi connectivity index (χ0v) is 18.7. The monoisotopic (exact) mass is 467 g/mol. The standard InChI is InChI=1S/C26H21N5O4/c1-35-25(32)19-15-12-18(13-16-19)14-17-22-23(31(33)34)24(27-20-8-4-2-5-9-20)30-26(29-22)28-21-10-6-3-7-11-21/h2-17H,1H3,(H2,27,28,29,30). The summed E-state index contributed by atoms with van der Waals surface area (Å²) in [7, 11) is 1.31. The molecule has 0 bridgehead atoms. The van der Waals surface area contributed by atoms with Crippen molar-refractivity contribution in [2.75, 3.05) is 17.7 Å². The van der Waals surface area contributed by atoms with Crippen molar-refractivity contribution >= 4 is 46.9 Å². The van der Waals surface area contributed by atoms with E-state index in [1.807, 2.05) is 48.5 Å². The van der Waals surface area contributed by atoms with Gasteiger partial charge < -0.3 is 15.4 Å². The summed E-state index contributed by atoms with van der Waals surface area (Å²) in [6.45, 7) is 0. The van der Waals surface area contributed by atoms with Gasteiger partial charge in [0, 0.05) is 11.4 Å². The summed E-state index contributed by atoms with van der Waals surface area (Å²) >= 11 is 0. The van der Waals surface area contributed by atoms with Crippen LogP contribution in [0.5, 0.6) is 0 Å². The van der Waals surface area contributed by atoms with Gasteiger partial charge in [-0.2, -0.15) is 4.98 Å². The molecule has 0 atom stereocenters. The lowest BCUT2D eigenvalue weighted by molar-refractivity contribution is -0.384. The number of para-hydroxylation sites is 2. The quantitative estimate of drug-likeness (QED) is 0.189. The predicted octanol–water partition coefficient (Wildman–Crippen LogP) is 5.83. The summed E-state index contributed by atoms with van der Waals surface area (Å²) in [5, 5.41) is 18.2. The smallest absolute Gasteiger partial charge is 0.337 e. The van der Waals surface area contributed by atoms with Gasteiger partial charge in [-0.05, 0) is 48.0 Å². The van der Waals surface area contributed by atoms with E-state index in [1.165, 1.54) is 7.11 Å². The Morgan fingerprint density at radius 3 is 2.03 bits per heavy atom. The highest BCUT2D eigenvalue weighted by Crippen LogP contribution is 2.32. The molecule has 3 aromatic carbocycles. The number of aromatic nitrogens is 2. The number of hydrogen-bond donors (Lipinski definition) is 2. The van der Waals surface area contributed by atoms with Crippen LogP contribution >= 0.6 is 0 Å². The molecule has 9 nitrogen and oxygen atoms in total. The number of carbonyl (C=O) groups excluding carboxylic acids is 1. The maximum Gasteiger partial charge on any atom is 0.337 e. The molecule has 0 unspecified atom stereocenters. The lowest BCUT2D eigenvalue weighted by Crippen LogP contribution is -2.07. The minimum atomic E-state index is -0.516. The topological polar surface area (TPSA) is 119 Å². The zero-order valence-electron chi connectivity index (χ0n) is 18.7. The number of ether oxygens (including phenoxy) is 1. The van der Waals surface area contributed by atoms with Crippen LogP contribution in [0.1, 0.15) is 21.6 Å². The van der Waals surface area contributed by atoms with E-state index in [1.54, 1.807) is 48.6 Å². The van der Waals surface area contributed by atoms with Crippen molar-refractivity contribution in [3.05, 3.63) is 112 Å². The van der Waals surface area contributed by atoms with Crippen LogP contribution in [0.4, 0.5) is 28.8 Å². The molecule has 35 heavy (non-hydrogen) atoms. The van der Waals surface area contributed by atoms with Crippen LogP contribution in [0.3, 0.4) is 0 Å². The highest BCUT2D eigenvalue weighted by Gasteiger charge is 2.24. The van der Waals surface area contributed by atoms with E-state index in [2.05, 4.69) is 20.6 Å². The Balaban J connectivity index is 1.75. The third kappa shape index (κ3) is 5.85. The number of esters is 1. The number of nitrogens with zero attached hydrogens (tertiary/aromatic N) is 3. The highest BCUT2D eigenvalue weighted by atomic mass is 16.6. The molecule has 4 aromatic rings. The molecule has 0 aliphatic heterocycles. The molecule has 0 aliphatic carbocycles. The van der Waals surface area contributed by atoms with E-state index in [-0.39, 0.29) is 23.1 Å². The van der Waals surface area contributed by atoms with Crippen LogP contribution in [0.2, 0.25) is 0 Å². The Kier molecular flexibility index (Phi) is 7.08. The van der Waals surface area contributed by atoms with Gasteiger partial charge in [0.25, 0.3) is 0 Å². The van der Waals surface area contributed by atoms with Crippen LogP contribution in [-0.4, -0.2) is 28.0 Å². The van der Waals surface area contributed by atoms with Gasteiger partial charge in [-0.25, -0.2) is 9.78 Å². The Morgan fingerprint density at radius 2 is 1.46 bits per heavy atom. The van der Waals surface area contributed by atoms with E-state index < -0.39 is 10.9 Å². The third-order valence-electron chi connectivity index (χ3n) is 4.93. The van der Waals surface area contributed by atoms with Crippen LogP contribution in [0.15, 0.2) is 84.9 Å². The van der Waals surface area contributed by atoms with E-state index in [4.69, 9.17) is 4.74 Å². The number of carbonyl (C=O) groups is 1. The van der Waals surface area contributed by atoms with Crippen molar-refractivity contribution in [1.29, 1.82) is 0 Å². The maximum absolute atomic E-state index is 12.0. The average Bonchev–Trinajstić information content (AvgIpc) is 2.88. The summed E-state index contributed by atoms with van der Waals surface area (Å²) in [5.41, 5.74) is 2.35. The molecule has 2 N–H and O–H groups in total. The number of rotatable bonds is 8. The third-order valence-corrected chi connectivity index (χ3v) is 4.93. The second-order valence-corrected chi connectivity index (χ2v) is 7.32. The summed E-state index contributed by atoms with van der Waals surface area (Å²) in [5.74, 6) is -0.198. The first kappa shape index (κ1) is 23.1. The highest BCUT2D eigenvalue weighted by molar-refractivity contribution is 5.89. The van der Waals surface area contributed by atoms with Crippen molar-refractivity contribution in [2.45, 2.75) is 0 Å². The molecule has 0 spiro atoms. The number of benzene rings is 3. The SMILES string of the molecule is COC(=O)c1ccc(C=Cc2nc(Nc3ccccc3)nc(Nc3ccccc3)c2[N+](=O)[O-])cc1. The molecule has 0 amide bonds. The number of hydrogen-bond acceptors (Lipinski definition) is 8. The molecular weight excluding hydrogens is 446 g/mol. The van der Waals surface area contributed by atoms with Gasteiger partial charge in [-0.3, -0.25) is 10.1 Å². The van der Waals surface area contributed by atoms with Crippen LogP contribution in [-0.2, 0) is 4.74 Å². The van der Waals surface area contributed by atoms with Gasteiger partial charge in [-0.1, -0.05) is 54.6 Å². The first-order valence-electron chi connectivity index (χ1n) is 10.6. The molecule has 0 saturated heterocycles. The lowest BCUT2D eigenvalue weighted by atomic mass is 10.1. The Hall–Kier alpha value is -5.05. The van der Waals surface area contributed by atoms with Crippen molar-refractivity contribution in [3.63, 3.8) is 0 Å². The maximum atomic E-state index is 12.0. The number of nitrogens with one attached hydrogen (secondary N) is 2. The van der Waals surface area contributed by atoms with E-state index in [0.29, 0.717) is 11.3 Å². The molecule has 0 radical (unpaired) electrons. The largest absolute Gasteiger partial charge is 0.465 e. The fourth-order valence-electron chi connectivity index (χ4n) is 3.24. The van der Waals surface area contributed by atoms with E-state index in [0.717, 1.165) is 11.3 Å². The molecule has 9 heteroatoms. The Morgan fingerprint density at radius 1 is 0.857 bits per heavy atom. The predicted molar refractivity (Wildman–Crippen MR) is 135 cm³/mol. The molecule has 0 fully saturated rings. The molecular formula is C26H21N5O4. The Labute approximate surface area is 201 Å². The average molecular weight is 467 g/mol. The lowest BCUT2D eigenvalue weighted by Gasteiger charge is -2.11. The van der Waals surface area contributed by atoms with Crippen LogP contribution in [0, 0.1) is 10.1 Å². The molecule has 0 aliphatic rings. The fourth-order valence-corrected chi connectivity index (χ4v) is 3.24. The van der Waals surface area contributed by atoms with Gasteiger partial charge in [0.15, 0.2) is 0 Å². The van der Waals surface area contributed by atoms with Crippen molar-refractivity contribution < 1.29 is 14.5 Å².